The second kappa shape index (κ2) is 5.71. The molecule has 0 amide bonds. The van der Waals surface area contributed by atoms with Gasteiger partial charge in [0.05, 0.1) is 10.7 Å². The molecule has 0 unspecified atom stereocenters. The van der Waals surface area contributed by atoms with Gasteiger partial charge in [-0.25, -0.2) is 9.59 Å². The summed E-state index contributed by atoms with van der Waals surface area (Å²) in [6, 6.07) is 2.84. The Bertz CT molecular complexity index is 456. The number of hydrogen-bond donors (Lipinski definition) is 2. The van der Waals surface area contributed by atoms with Crippen molar-refractivity contribution in [2.45, 2.75) is 0 Å². The van der Waals surface area contributed by atoms with E-state index in [1.54, 1.807) is 6.07 Å². The summed E-state index contributed by atoms with van der Waals surface area (Å²) in [7, 11) is 1.41. The Morgan fingerprint density at radius 3 is 2.47 bits per heavy atom. The Balaban J connectivity index is 3.17. The molecule has 0 bridgehead atoms. The largest absolute Gasteiger partial charge is 0.497 e. The van der Waals surface area contributed by atoms with E-state index >= 15 is 0 Å². The van der Waals surface area contributed by atoms with Crippen LogP contribution < -0.4 is 9.47 Å². The predicted molar refractivity (Wildman–Crippen MR) is 65.8 cm³/mol. The highest BCUT2D eigenvalue weighted by Crippen LogP contribution is 2.30. The van der Waals surface area contributed by atoms with E-state index in [0.29, 0.717) is 9.32 Å². The van der Waals surface area contributed by atoms with Crippen molar-refractivity contribution in [3.63, 3.8) is 0 Å². The van der Waals surface area contributed by atoms with E-state index in [-0.39, 0.29) is 11.3 Å². The van der Waals surface area contributed by atoms with Crippen molar-refractivity contribution in [3.8, 4) is 11.5 Å². The first-order valence-corrected chi connectivity index (χ1v) is 5.49. The summed E-state index contributed by atoms with van der Waals surface area (Å²) < 4.78 is 10.3. The minimum atomic E-state index is -1.21. The summed E-state index contributed by atoms with van der Waals surface area (Å²) in [5.74, 6) is -1.98. The molecule has 2 N–H and O–H groups in total. The third-order valence-corrected chi connectivity index (χ3v) is 2.62. The number of carbonyl (C=O) groups is 2. The van der Waals surface area contributed by atoms with E-state index in [4.69, 9.17) is 19.7 Å². The van der Waals surface area contributed by atoms with Gasteiger partial charge in [-0.1, -0.05) is 0 Å². The second-order valence-electron chi connectivity index (χ2n) is 2.97. The summed E-state index contributed by atoms with van der Waals surface area (Å²) in [6.45, 7) is -0.595. The molecular formula is C10H9IO6. The van der Waals surface area contributed by atoms with E-state index in [2.05, 4.69) is 0 Å². The van der Waals surface area contributed by atoms with Gasteiger partial charge >= 0.3 is 11.9 Å². The Morgan fingerprint density at radius 2 is 2.00 bits per heavy atom. The molecule has 0 aliphatic heterocycles. The lowest BCUT2D eigenvalue weighted by Crippen LogP contribution is -2.13. The Morgan fingerprint density at radius 1 is 1.35 bits per heavy atom. The number of ether oxygens (including phenoxy) is 2. The number of aromatic carboxylic acids is 1. The molecule has 0 aromatic heterocycles. The molecule has 1 aromatic carbocycles. The topological polar surface area (TPSA) is 93.1 Å². The highest BCUT2D eigenvalue weighted by atomic mass is 127. The fraction of sp³-hybridized carbons (Fsp3) is 0.200. The maximum Gasteiger partial charge on any atom is 0.341 e. The molecule has 0 spiro atoms. The molecule has 0 aliphatic carbocycles. The summed E-state index contributed by atoms with van der Waals surface area (Å²) in [5.41, 5.74) is -0.130. The molecule has 17 heavy (non-hydrogen) atoms. The van der Waals surface area contributed by atoms with E-state index in [0.717, 1.165) is 0 Å². The minimum Gasteiger partial charge on any atom is -0.497 e. The number of carboxylic acids is 2. The quantitative estimate of drug-likeness (QED) is 0.780. The number of benzene rings is 1. The van der Waals surface area contributed by atoms with Gasteiger partial charge in [-0.15, -0.1) is 0 Å². The molecule has 0 aliphatic rings. The van der Waals surface area contributed by atoms with Gasteiger partial charge in [-0.3, -0.25) is 0 Å². The minimum absolute atomic E-state index is 0.0290. The lowest BCUT2D eigenvalue weighted by molar-refractivity contribution is -0.139. The first-order chi connectivity index (χ1) is 7.95. The van der Waals surface area contributed by atoms with Crippen molar-refractivity contribution in [1.29, 1.82) is 0 Å². The van der Waals surface area contributed by atoms with Crippen molar-refractivity contribution in [1.82, 2.24) is 0 Å². The lowest BCUT2D eigenvalue weighted by atomic mass is 10.2. The molecular weight excluding hydrogens is 343 g/mol. The third kappa shape index (κ3) is 3.48. The molecule has 1 aromatic rings. The average Bonchev–Trinajstić information content (AvgIpc) is 2.25. The Kier molecular flexibility index (Phi) is 4.55. The van der Waals surface area contributed by atoms with Gasteiger partial charge in [0.15, 0.2) is 6.61 Å². The summed E-state index contributed by atoms with van der Waals surface area (Å²) in [6.07, 6.45) is 0. The molecule has 0 heterocycles. The molecule has 0 saturated carbocycles. The van der Waals surface area contributed by atoms with Gasteiger partial charge in [0, 0.05) is 0 Å². The number of carboxylic acid groups (broad SMARTS) is 2. The van der Waals surface area contributed by atoms with Crippen molar-refractivity contribution in [2.24, 2.45) is 0 Å². The van der Waals surface area contributed by atoms with Crippen LogP contribution in [0, 0.1) is 3.57 Å². The van der Waals surface area contributed by atoms with Crippen LogP contribution in [0.15, 0.2) is 12.1 Å². The van der Waals surface area contributed by atoms with Gasteiger partial charge < -0.3 is 19.7 Å². The average molecular weight is 352 g/mol. The van der Waals surface area contributed by atoms with Crippen LogP contribution in [0.2, 0.25) is 0 Å². The lowest BCUT2D eigenvalue weighted by Gasteiger charge is -2.11. The zero-order valence-corrected chi connectivity index (χ0v) is 10.9. The van der Waals surface area contributed by atoms with Crippen LogP contribution >= 0.6 is 22.6 Å². The van der Waals surface area contributed by atoms with Gasteiger partial charge in [-0.05, 0) is 34.7 Å². The van der Waals surface area contributed by atoms with Crippen molar-refractivity contribution < 1.29 is 29.3 Å². The number of methoxy groups -OCH3 is 1. The fourth-order valence-electron chi connectivity index (χ4n) is 1.13. The maximum atomic E-state index is 11.0. The van der Waals surface area contributed by atoms with E-state index in [1.807, 2.05) is 22.6 Å². The first kappa shape index (κ1) is 13.6. The van der Waals surface area contributed by atoms with Gasteiger partial charge in [0.25, 0.3) is 0 Å². The van der Waals surface area contributed by atoms with Crippen LogP contribution in [0.4, 0.5) is 0 Å². The smallest absolute Gasteiger partial charge is 0.341 e. The normalized spacial score (nSPS) is 9.76. The Labute approximate surface area is 110 Å². The summed E-state index contributed by atoms with van der Waals surface area (Å²) in [5, 5.41) is 17.5. The van der Waals surface area contributed by atoms with E-state index < -0.39 is 18.5 Å². The zero-order chi connectivity index (χ0) is 13.0. The van der Waals surface area contributed by atoms with Crippen molar-refractivity contribution >= 4 is 34.5 Å². The van der Waals surface area contributed by atoms with Crippen molar-refractivity contribution in [3.05, 3.63) is 21.3 Å². The molecule has 0 saturated heterocycles. The molecule has 0 fully saturated rings. The number of halogens is 1. The van der Waals surface area contributed by atoms with Crippen LogP contribution in [-0.2, 0) is 4.79 Å². The van der Waals surface area contributed by atoms with Crippen LogP contribution in [0.3, 0.4) is 0 Å². The monoisotopic (exact) mass is 352 g/mol. The first-order valence-electron chi connectivity index (χ1n) is 4.41. The van der Waals surface area contributed by atoms with Crippen molar-refractivity contribution in [2.75, 3.05) is 13.7 Å². The van der Waals surface area contributed by atoms with E-state index in [1.165, 1.54) is 13.2 Å². The molecule has 0 atom stereocenters. The number of hydrogen-bond acceptors (Lipinski definition) is 4. The van der Waals surface area contributed by atoms with Crippen LogP contribution in [-0.4, -0.2) is 35.9 Å². The van der Waals surface area contributed by atoms with Gasteiger partial charge in [0.2, 0.25) is 0 Å². The number of rotatable bonds is 5. The highest BCUT2D eigenvalue weighted by molar-refractivity contribution is 14.1. The standard InChI is InChI=1S/C10H9IO6/c1-16-5-2-6(10(14)15)9(7(11)3-5)17-4-8(12)13/h2-3H,4H2,1H3,(H,12,13)(H,14,15). The second-order valence-corrected chi connectivity index (χ2v) is 4.14. The van der Waals surface area contributed by atoms with Crippen LogP contribution in [0.25, 0.3) is 0 Å². The van der Waals surface area contributed by atoms with Crippen LogP contribution in [0.5, 0.6) is 11.5 Å². The maximum absolute atomic E-state index is 11.0. The fourth-order valence-corrected chi connectivity index (χ4v) is 1.88. The zero-order valence-electron chi connectivity index (χ0n) is 8.77. The van der Waals surface area contributed by atoms with E-state index in [9.17, 15) is 9.59 Å². The van der Waals surface area contributed by atoms with Gasteiger partial charge in [0.1, 0.15) is 17.1 Å². The summed E-state index contributed by atoms with van der Waals surface area (Å²) in [4.78, 5) is 21.4. The van der Waals surface area contributed by atoms with Crippen LogP contribution in [0.1, 0.15) is 10.4 Å². The molecule has 0 radical (unpaired) electrons. The molecule has 92 valence electrons. The highest BCUT2D eigenvalue weighted by Gasteiger charge is 2.17. The third-order valence-electron chi connectivity index (χ3n) is 1.82. The van der Waals surface area contributed by atoms with Gasteiger partial charge in [-0.2, -0.15) is 0 Å². The Hall–Kier alpha value is -1.51. The summed E-state index contributed by atoms with van der Waals surface area (Å²) >= 11 is 1.85. The SMILES string of the molecule is COc1cc(I)c(OCC(=O)O)c(C(=O)O)c1. The molecule has 6 nitrogen and oxygen atoms in total. The number of aliphatic carboxylic acids is 1. The molecule has 1 rings (SSSR count). The molecule has 7 heteroatoms. The predicted octanol–water partition coefficient (Wildman–Crippen LogP) is 1.46.